The SMILES string of the molecule is N#Cc1cncc(C2=CCC[C@@H]3CCN[C@H]23)c1. The average molecular weight is 225 g/mol. The van der Waals surface area contributed by atoms with Gasteiger partial charge in [-0.1, -0.05) is 6.08 Å². The molecule has 2 heterocycles. The van der Waals surface area contributed by atoms with Gasteiger partial charge in [0, 0.05) is 18.4 Å². The lowest BCUT2D eigenvalue weighted by Crippen LogP contribution is -2.30. The van der Waals surface area contributed by atoms with Crippen LogP contribution in [0, 0.1) is 17.2 Å². The lowest BCUT2D eigenvalue weighted by atomic mass is 9.82. The second kappa shape index (κ2) is 4.31. The van der Waals surface area contributed by atoms with Crippen molar-refractivity contribution >= 4 is 5.57 Å². The fourth-order valence-electron chi connectivity index (χ4n) is 2.97. The number of nitrogens with one attached hydrogen (secondary N) is 1. The van der Waals surface area contributed by atoms with E-state index in [2.05, 4.69) is 22.4 Å². The van der Waals surface area contributed by atoms with Crippen LogP contribution < -0.4 is 5.32 Å². The van der Waals surface area contributed by atoms with Crippen LogP contribution in [-0.4, -0.2) is 17.6 Å². The van der Waals surface area contributed by atoms with Gasteiger partial charge in [0.15, 0.2) is 0 Å². The number of nitriles is 1. The van der Waals surface area contributed by atoms with Gasteiger partial charge in [0.25, 0.3) is 0 Å². The topological polar surface area (TPSA) is 48.7 Å². The number of allylic oxidation sites excluding steroid dienone is 1. The zero-order valence-corrected chi connectivity index (χ0v) is 9.69. The summed E-state index contributed by atoms with van der Waals surface area (Å²) in [5.41, 5.74) is 3.08. The first-order valence-corrected chi connectivity index (χ1v) is 6.17. The molecule has 2 aliphatic rings. The number of nitrogens with zero attached hydrogens (tertiary/aromatic N) is 2. The molecule has 1 N–H and O–H groups in total. The third-order valence-electron chi connectivity index (χ3n) is 3.79. The monoisotopic (exact) mass is 225 g/mol. The van der Waals surface area contributed by atoms with Crippen molar-refractivity contribution in [2.75, 3.05) is 6.54 Å². The van der Waals surface area contributed by atoms with E-state index in [1.54, 1.807) is 6.20 Å². The van der Waals surface area contributed by atoms with Crippen LogP contribution in [0.25, 0.3) is 5.57 Å². The predicted molar refractivity (Wildman–Crippen MR) is 66.1 cm³/mol. The maximum atomic E-state index is 8.92. The molecule has 1 aliphatic heterocycles. The van der Waals surface area contributed by atoms with Crippen molar-refractivity contribution in [1.82, 2.24) is 10.3 Å². The lowest BCUT2D eigenvalue weighted by Gasteiger charge is -2.26. The zero-order valence-electron chi connectivity index (χ0n) is 9.69. The van der Waals surface area contributed by atoms with Gasteiger partial charge in [-0.2, -0.15) is 5.26 Å². The molecule has 3 nitrogen and oxygen atoms in total. The quantitative estimate of drug-likeness (QED) is 0.796. The van der Waals surface area contributed by atoms with E-state index in [4.69, 9.17) is 5.26 Å². The molecular formula is C14H15N3. The van der Waals surface area contributed by atoms with Gasteiger partial charge in [-0.3, -0.25) is 4.98 Å². The number of hydrogen-bond acceptors (Lipinski definition) is 3. The molecule has 0 unspecified atom stereocenters. The zero-order chi connectivity index (χ0) is 11.7. The Hall–Kier alpha value is -1.66. The summed E-state index contributed by atoms with van der Waals surface area (Å²) in [5, 5.41) is 12.5. The van der Waals surface area contributed by atoms with Gasteiger partial charge in [0.2, 0.25) is 0 Å². The normalized spacial score (nSPS) is 27.1. The Morgan fingerprint density at radius 3 is 3.18 bits per heavy atom. The van der Waals surface area contributed by atoms with Gasteiger partial charge in [0.05, 0.1) is 5.56 Å². The molecule has 0 spiro atoms. The largest absolute Gasteiger partial charge is 0.310 e. The average Bonchev–Trinajstić information content (AvgIpc) is 2.87. The molecule has 86 valence electrons. The van der Waals surface area contributed by atoms with Crippen molar-refractivity contribution in [2.24, 2.45) is 5.92 Å². The molecule has 3 rings (SSSR count). The molecule has 17 heavy (non-hydrogen) atoms. The highest BCUT2D eigenvalue weighted by molar-refractivity contribution is 5.71. The third-order valence-corrected chi connectivity index (χ3v) is 3.79. The Bertz CT molecular complexity index is 498. The van der Waals surface area contributed by atoms with Gasteiger partial charge >= 0.3 is 0 Å². The van der Waals surface area contributed by atoms with Crippen LogP contribution in [0.2, 0.25) is 0 Å². The fourth-order valence-corrected chi connectivity index (χ4v) is 2.97. The van der Waals surface area contributed by atoms with Crippen LogP contribution in [-0.2, 0) is 0 Å². The minimum absolute atomic E-state index is 0.472. The smallest absolute Gasteiger partial charge is 0.101 e. The summed E-state index contributed by atoms with van der Waals surface area (Å²) in [7, 11) is 0. The first-order valence-electron chi connectivity index (χ1n) is 6.17. The van der Waals surface area contributed by atoms with Gasteiger partial charge in [-0.05, 0) is 48.9 Å². The van der Waals surface area contributed by atoms with E-state index in [0.717, 1.165) is 24.4 Å². The van der Waals surface area contributed by atoms with Gasteiger partial charge in [-0.15, -0.1) is 0 Å². The molecule has 1 aromatic heterocycles. The summed E-state index contributed by atoms with van der Waals surface area (Å²) >= 11 is 0. The maximum absolute atomic E-state index is 8.92. The third kappa shape index (κ3) is 1.85. The van der Waals surface area contributed by atoms with Crippen LogP contribution in [0.1, 0.15) is 30.4 Å². The minimum Gasteiger partial charge on any atom is -0.310 e. The van der Waals surface area contributed by atoms with E-state index in [1.165, 1.54) is 18.4 Å². The van der Waals surface area contributed by atoms with Crippen LogP contribution >= 0.6 is 0 Å². The Morgan fingerprint density at radius 1 is 1.35 bits per heavy atom. The van der Waals surface area contributed by atoms with Crippen LogP contribution in [0.4, 0.5) is 0 Å². The molecule has 3 heteroatoms. The lowest BCUT2D eigenvalue weighted by molar-refractivity contribution is 0.470. The molecule has 0 radical (unpaired) electrons. The van der Waals surface area contributed by atoms with E-state index >= 15 is 0 Å². The molecular weight excluding hydrogens is 210 g/mol. The van der Waals surface area contributed by atoms with Crippen LogP contribution in [0.15, 0.2) is 24.5 Å². The number of pyridine rings is 1. The van der Waals surface area contributed by atoms with Crippen molar-refractivity contribution in [3.8, 4) is 6.07 Å². The molecule has 2 atom stereocenters. The van der Waals surface area contributed by atoms with Crippen molar-refractivity contribution in [3.05, 3.63) is 35.7 Å². The first-order chi connectivity index (χ1) is 8.38. The number of hydrogen-bond donors (Lipinski definition) is 1. The highest BCUT2D eigenvalue weighted by Gasteiger charge is 2.32. The standard InChI is InChI=1S/C14H15N3/c15-7-10-6-12(9-16-8-10)13-3-1-2-11-4-5-17-14(11)13/h3,6,8-9,11,14,17H,1-2,4-5H2/t11-,14+/m1/s1. The minimum atomic E-state index is 0.472. The number of rotatable bonds is 1. The second-order valence-electron chi connectivity index (χ2n) is 4.79. The molecule has 1 aromatic rings. The van der Waals surface area contributed by atoms with E-state index < -0.39 is 0 Å². The van der Waals surface area contributed by atoms with E-state index in [9.17, 15) is 0 Å². The number of aromatic nitrogens is 1. The summed E-state index contributed by atoms with van der Waals surface area (Å²) in [6.45, 7) is 1.11. The Morgan fingerprint density at radius 2 is 2.29 bits per heavy atom. The first kappa shape index (κ1) is 10.5. The second-order valence-corrected chi connectivity index (χ2v) is 4.79. The molecule has 1 saturated heterocycles. The Labute approximate surface area is 101 Å². The van der Waals surface area contributed by atoms with Gasteiger partial charge in [-0.25, -0.2) is 0 Å². The van der Waals surface area contributed by atoms with E-state index in [1.807, 2.05) is 12.3 Å². The van der Waals surface area contributed by atoms with Crippen molar-refractivity contribution in [1.29, 1.82) is 5.26 Å². The molecule has 0 aromatic carbocycles. The van der Waals surface area contributed by atoms with Crippen LogP contribution in [0.3, 0.4) is 0 Å². The summed E-state index contributed by atoms with van der Waals surface area (Å²) in [6, 6.07) is 4.57. The summed E-state index contributed by atoms with van der Waals surface area (Å²) < 4.78 is 0. The molecule has 0 saturated carbocycles. The van der Waals surface area contributed by atoms with Crippen LogP contribution in [0.5, 0.6) is 0 Å². The molecule has 0 bridgehead atoms. The van der Waals surface area contributed by atoms with Crippen molar-refractivity contribution < 1.29 is 0 Å². The van der Waals surface area contributed by atoms with E-state index in [-0.39, 0.29) is 0 Å². The highest BCUT2D eigenvalue weighted by atomic mass is 15.0. The Balaban J connectivity index is 1.97. The highest BCUT2D eigenvalue weighted by Crippen LogP contribution is 2.35. The van der Waals surface area contributed by atoms with E-state index in [0.29, 0.717) is 11.6 Å². The predicted octanol–water partition coefficient (Wildman–Crippen LogP) is 2.11. The summed E-state index contributed by atoms with van der Waals surface area (Å²) in [6.07, 6.45) is 9.49. The summed E-state index contributed by atoms with van der Waals surface area (Å²) in [5.74, 6) is 0.765. The fraction of sp³-hybridized carbons (Fsp3) is 0.429. The van der Waals surface area contributed by atoms with Gasteiger partial charge in [0.1, 0.15) is 6.07 Å². The van der Waals surface area contributed by atoms with Crippen molar-refractivity contribution in [3.63, 3.8) is 0 Å². The Kier molecular flexibility index (Phi) is 2.66. The van der Waals surface area contributed by atoms with Crippen molar-refractivity contribution in [2.45, 2.75) is 25.3 Å². The maximum Gasteiger partial charge on any atom is 0.101 e. The molecule has 1 fully saturated rings. The molecule has 0 amide bonds. The number of fused-ring (bicyclic) bond motifs is 1. The van der Waals surface area contributed by atoms with Gasteiger partial charge < -0.3 is 5.32 Å². The summed E-state index contributed by atoms with van der Waals surface area (Å²) in [4.78, 5) is 4.15. The molecule has 1 aliphatic carbocycles.